The van der Waals surface area contributed by atoms with Crippen LogP contribution in [0.5, 0.6) is 0 Å². The summed E-state index contributed by atoms with van der Waals surface area (Å²) < 4.78 is 34.9. The molecule has 0 heterocycles. The molecule has 0 saturated heterocycles. The number of carbonyl (C=O) groups excluding carboxylic acids is 1. The van der Waals surface area contributed by atoms with Gasteiger partial charge in [0.1, 0.15) is 12.1 Å². The van der Waals surface area contributed by atoms with E-state index < -0.39 is 34.0 Å². The van der Waals surface area contributed by atoms with Crippen LogP contribution in [0.2, 0.25) is 0 Å². The molecule has 0 aliphatic carbocycles. The highest BCUT2D eigenvalue weighted by Gasteiger charge is 2.28. The molecule has 0 aromatic heterocycles. The zero-order valence-corrected chi connectivity index (χ0v) is 23.1. The molecular weight excluding hydrogens is 542 g/mol. The van der Waals surface area contributed by atoms with Crippen molar-refractivity contribution < 1.29 is 27.9 Å². The van der Waals surface area contributed by atoms with Crippen LogP contribution in [0.25, 0.3) is 10.8 Å². The normalized spacial score (nSPS) is 12.8. The van der Waals surface area contributed by atoms with Gasteiger partial charge in [-0.15, -0.1) is 0 Å². The molecule has 4 aromatic rings. The van der Waals surface area contributed by atoms with Crippen molar-refractivity contribution in [2.24, 2.45) is 0 Å². The first-order valence-corrected chi connectivity index (χ1v) is 14.3. The number of nitriles is 1. The largest absolute Gasteiger partial charge is 0.478 e. The average molecular weight is 572 g/mol. The summed E-state index contributed by atoms with van der Waals surface area (Å²) in [5.74, 6) is -1.75. The van der Waals surface area contributed by atoms with Crippen LogP contribution in [0.4, 0.5) is 0 Å². The maximum atomic E-state index is 13.4. The lowest BCUT2D eigenvalue weighted by Crippen LogP contribution is -2.51. The SMILES string of the molecule is Cc1cccc(C[C@H](NS(=O)(=O)c2ccc3ccccc3c2)C(=O)N[C@H](C#N)COCc2cccc(C(=O)O)c2)c1. The summed E-state index contributed by atoms with van der Waals surface area (Å²) in [6, 6.07) is 25.3. The third-order valence-electron chi connectivity index (χ3n) is 6.37. The van der Waals surface area contributed by atoms with Crippen molar-refractivity contribution in [3.05, 3.63) is 113 Å². The molecule has 4 aromatic carbocycles. The third-order valence-corrected chi connectivity index (χ3v) is 7.84. The van der Waals surface area contributed by atoms with Crippen molar-refractivity contribution in [1.29, 1.82) is 5.26 Å². The highest BCUT2D eigenvalue weighted by atomic mass is 32.2. The summed E-state index contributed by atoms with van der Waals surface area (Å²) in [5, 5.41) is 23.0. The van der Waals surface area contributed by atoms with Gasteiger partial charge in [-0.3, -0.25) is 4.79 Å². The Morgan fingerprint density at radius 1 is 0.927 bits per heavy atom. The molecule has 4 rings (SSSR count). The molecule has 0 aliphatic heterocycles. The molecule has 0 unspecified atom stereocenters. The smallest absolute Gasteiger partial charge is 0.335 e. The van der Waals surface area contributed by atoms with Crippen LogP contribution in [-0.2, 0) is 32.6 Å². The van der Waals surface area contributed by atoms with E-state index in [0.29, 0.717) is 5.56 Å². The fraction of sp³-hybridized carbons (Fsp3) is 0.194. The molecule has 2 atom stereocenters. The number of aromatic carboxylic acids is 1. The predicted molar refractivity (Wildman–Crippen MR) is 154 cm³/mol. The lowest BCUT2D eigenvalue weighted by atomic mass is 10.0. The van der Waals surface area contributed by atoms with E-state index in [0.717, 1.165) is 21.9 Å². The summed E-state index contributed by atoms with van der Waals surface area (Å²) in [4.78, 5) is 24.6. The number of carboxylic acids is 1. The lowest BCUT2D eigenvalue weighted by molar-refractivity contribution is -0.123. The van der Waals surface area contributed by atoms with E-state index in [4.69, 9.17) is 9.84 Å². The van der Waals surface area contributed by atoms with Gasteiger partial charge in [0.2, 0.25) is 15.9 Å². The van der Waals surface area contributed by atoms with Gasteiger partial charge in [-0.1, -0.05) is 72.3 Å². The monoisotopic (exact) mass is 571 g/mol. The Labute approximate surface area is 238 Å². The number of sulfonamides is 1. The van der Waals surface area contributed by atoms with Crippen molar-refractivity contribution in [2.45, 2.75) is 36.9 Å². The quantitative estimate of drug-likeness (QED) is 0.233. The number of nitrogens with one attached hydrogen (secondary N) is 2. The number of fused-ring (bicyclic) bond motifs is 1. The molecule has 41 heavy (non-hydrogen) atoms. The highest BCUT2D eigenvalue weighted by molar-refractivity contribution is 7.89. The minimum absolute atomic E-state index is 0.0157. The van der Waals surface area contributed by atoms with Crippen molar-refractivity contribution >= 4 is 32.7 Å². The Morgan fingerprint density at radius 2 is 1.66 bits per heavy atom. The standard InChI is InChI=1S/C31H29N3O6S/c1-21-6-4-7-22(14-21)16-29(34-41(38,39)28-13-12-24-9-2-3-10-25(24)17-28)30(35)33-27(18-32)20-40-19-23-8-5-11-26(15-23)31(36)37/h2-15,17,27,29,34H,16,19-20H2,1H3,(H,33,35)(H,36,37)/t27-,29+/m1/s1. The van der Waals surface area contributed by atoms with Gasteiger partial charge in [-0.25, -0.2) is 13.2 Å². The van der Waals surface area contributed by atoms with E-state index >= 15 is 0 Å². The first-order valence-electron chi connectivity index (χ1n) is 12.8. The van der Waals surface area contributed by atoms with Crippen LogP contribution >= 0.6 is 0 Å². The van der Waals surface area contributed by atoms with Crippen LogP contribution < -0.4 is 10.0 Å². The second-order valence-corrected chi connectivity index (χ2v) is 11.3. The van der Waals surface area contributed by atoms with Crippen molar-refractivity contribution in [1.82, 2.24) is 10.0 Å². The molecule has 0 radical (unpaired) electrons. The van der Waals surface area contributed by atoms with Crippen molar-refractivity contribution in [2.75, 3.05) is 6.61 Å². The van der Waals surface area contributed by atoms with Gasteiger partial charge in [0.15, 0.2) is 0 Å². The molecule has 0 saturated carbocycles. The van der Waals surface area contributed by atoms with Gasteiger partial charge >= 0.3 is 5.97 Å². The highest BCUT2D eigenvalue weighted by Crippen LogP contribution is 2.20. The van der Waals surface area contributed by atoms with E-state index in [1.165, 1.54) is 18.2 Å². The van der Waals surface area contributed by atoms with Crippen molar-refractivity contribution in [3.63, 3.8) is 0 Å². The molecule has 10 heteroatoms. The maximum absolute atomic E-state index is 13.4. The Hall–Kier alpha value is -4.56. The zero-order valence-electron chi connectivity index (χ0n) is 22.3. The van der Waals surface area contributed by atoms with Gasteiger partial charge in [-0.2, -0.15) is 9.98 Å². The van der Waals surface area contributed by atoms with Gasteiger partial charge in [0.25, 0.3) is 0 Å². The average Bonchev–Trinajstić information content (AvgIpc) is 2.96. The summed E-state index contributed by atoms with van der Waals surface area (Å²) in [6.45, 7) is 1.73. The Kier molecular flexibility index (Phi) is 9.47. The Morgan fingerprint density at radius 3 is 2.39 bits per heavy atom. The number of carboxylic acid groups (broad SMARTS) is 1. The van der Waals surface area contributed by atoms with Crippen LogP contribution in [0.3, 0.4) is 0 Å². The second-order valence-electron chi connectivity index (χ2n) is 9.59. The molecule has 9 nitrogen and oxygen atoms in total. The number of amides is 1. The molecule has 210 valence electrons. The number of hydrogen-bond donors (Lipinski definition) is 3. The van der Waals surface area contributed by atoms with E-state index in [9.17, 15) is 23.3 Å². The fourth-order valence-corrected chi connectivity index (χ4v) is 5.56. The van der Waals surface area contributed by atoms with E-state index in [-0.39, 0.29) is 30.1 Å². The number of carbonyl (C=O) groups is 2. The minimum Gasteiger partial charge on any atom is -0.478 e. The minimum atomic E-state index is -4.11. The van der Waals surface area contributed by atoms with E-state index in [2.05, 4.69) is 10.0 Å². The fourth-order valence-electron chi connectivity index (χ4n) is 4.32. The molecule has 0 bridgehead atoms. The van der Waals surface area contributed by atoms with Gasteiger partial charge < -0.3 is 15.2 Å². The molecule has 0 aliphatic rings. The maximum Gasteiger partial charge on any atom is 0.335 e. The molecule has 0 fully saturated rings. The number of hydrogen-bond acceptors (Lipinski definition) is 6. The molecule has 0 spiro atoms. The number of rotatable bonds is 12. The number of benzene rings is 4. The predicted octanol–water partition coefficient (Wildman–Crippen LogP) is 3.96. The number of aryl methyl sites for hydroxylation is 1. The summed E-state index contributed by atoms with van der Waals surface area (Å²) in [6.07, 6.45) is 0.0569. The van der Waals surface area contributed by atoms with Crippen LogP contribution in [0.1, 0.15) is 27.0 Å². The van der Waals surface area contributed by atoms with Gasteiger partial charge in [0.05, 0.1) is 29.7 Å². The number of ether oxygens (including phenoxy) is 1. The molecule has 1 amide bonds. The van der Waals surface area contributed by atoms with Gasteiger partial charge in [0, 0.05) is 0 Å². The summed E-state index contributed by atoms with van der Waals surface area (Å²) in [5.41, 5.74) is 2.39. The zero-order chi connectivity index (χ0) is 29.4. The van der Waals surface area contributed by atoms with Gasteiger partial charge in [-0.05, 0) is 59.5 Å². The topological polar surface area (TPSA) is 146 Å². The van der Waals surface area contributed by atoms with Crippen LogP contribution in [0.15, 0.2) is 95.9 Å². The summed E-state index contributed by atoms with van der Waals surface area (Å²) in [7, 11) is -4.11. The molecule has 3 N–H and O–H groups in total. The first-order chi connectivity index (χ1) is 19.6. The number of nitrogens with zero attached hydrogens (tertiary/aromatic N) is 1. The van der Waals surface area contributed by atoms with E-state index in [1.54, 1.807) is 36.4 Å². The van der Waals surface area contributed by atoms with Crippen molar-refractivity contribution in [3.8, 4) is 6.07 Å². The second kappa shape index (κ2) is 13.2. The van der Waals surface area contributed by atoms with Crippen LogP contribution in [-0.4, -0.2) is 44.1 Å². The Balaban J connectivity index is 1.49. The molecular formula is C31H29N3O6S. The Bertz CT molecular complexity index is 1710. The lowest BCUT2D eigenvalue weighted by Gasteiger charge is -2.21. The summed E-state index contributed by atoms with van der Waals surface area (Å²) >= 11 is 0. The third kappa shape index (κ3) is 7.99. The van der Waals surface area contributed by atoms with Crippen LogP contribution in [0, 0.1) is 18.3 Å². The van der Waals surface area contributed by atoms with E-state index in [1.807, 2.05) is 49.4 Å². The first kappa shape index (κ1) is 29.4.